The number of sulfonamides is 1. The molecule has 3 aromatic rings. The Hall–Kier alpha value is -3.04. The normalized spacial score (nSPS) is 21.4. The highest BCUT2D eigenvalue weighted by atomic mass is 32.2. The highest BCUT2D eigenvalue weighted by Gasteiger charge is 2.40. The number of hydrogen-bond acceptors (Lipinski definition) is 6. The van der Waals surface area contributed by atoms with Crippen LogP contribution in [0, 0.1) is 19.8 Å². The lowest BCUT2D eigenvalue weighted by Crippen LogP contribution is -2.46. The number of likely N-dealkylation sites (tertiary alicyclic amines) is 1. The zero-order valence-electron chi connectivity index (χ0n) is 20.1. The summed E-state index contributed by atoms with van der Waals surface area (Å²) in [6.07, 6.45) is 2.91. The van der Waals surface area contributed by atoms with Gasteiger partial charge in [-0.15, -0.1) is 0 Å². The number of carbonyl (C=O) groups excluding carboxylic acids is 1. The monoisotopic (exact) mass is 494 g/mol. The van der Waals surface area contributed by atoms with E-state index in [1.807, 2.05) is 43.0 Å². The number of carbonyl (C=O) groups is 1. The van der Waals surface area contributed by atoms with E-state index in [1.54, 1.807) is 24.3 Å². The Labute approximate surface area is 206 Å². The average molecular weight is 495 g/mol. The molecule has 0 spiro atoms. The predicted octanol–water partition coefficient (Wildman–Crippen LogP) is 4.12. The molecule has 3 heterocycles. The largest absolute Gasteiger partial charge is 0.337 e. The summed E-state index contributed by atoms with van der Waals surface area (Å²) in [5.41, 5.74) is 2.96. The van der Waals surface area contributed by atoms with Crippen molar-refractivity contribution >= 4 is 15.9 Å². The molecule has 9 heteroatoms. The molecule has 0 N–H and O–H groups in total. The third kappa shape index (κ3) is 4.62. The van der Waals surface area contributed by atoms with E-state index in [4.69, 9.17) is 4.52 Å². The van der Waals surface area contributed by atoms with Gasteiger partial charge < -0.3 is 9.42 Å². The van der Waals surface area contributed by atoms with Crippen molar-refractivity contribution in [3.8, 4) is 11.4 Å². The molecular weight excluding hydrogens is 464 g/mol. The van der Waals surface area contributed by atoms with Crippen molar-refractivity contribution < 1.29 is 17.7 Å². The number of aromatic nitrogens is 2. The van der Waals surface area contributed by atoms with E-state index in [0.29, 0.717) is 37.6 Å². The maximum Gasteiger partial charge on any atom is 0.249 e. The molecule has 1 aromatic heterocycles. The fourth-order valence-corrected chi connectivity index (χ4v) is 6.57. The van der Waals surface area contributed by atoms with Crippen molar-refractivity contribution in [1.82, 2.24) is 19.3 Å². The van der Waals surface area contributed by atoms with Crippen LogP contribution >= 0.6 is 0 Å². The Morgan fingerprint density at radius 2 is 1.74 bits per heavy atom. The zero-order valence-corrected chi connectivity index (χ0v) is 20.9. The van der Waals surface area contributed by atoms with Crippen LogP contribution < -0.4 is 0 Å². The molecule has 2 aromatic carbocycles. The molecule has 2 unspecified atom stereocenters. The summed E-state index contributed by atoms with van der Waals surface area (Å²) < 4.78 is 33.5. The van der Waals surface area contributed by atoms with Gasteiger partial charge in [-0.3, -0.25) is 4.79 Å². The first kappa shape index (κ1) is 23.7. The topological polar surface area (TPSA) is 96.6 Å². The lowest BCUT2D eigenvalue weighted by Gasteiger charge is -2.34. The maximum atomic E-state index is 13.6. The molecule has 2 fully saturated rings. The highest BCUT2D eigenvalue weighted by Crippen LogP contribution is 2.35. The van der Waals surface area contributed by atoms with Gasteiger partial charge in [0.1, 0.15) is 6.04 Å². The molecule has 0 saturated carbocycles. The number of nitrogens with zero attached hydrogens (tertiary/aromatic N) is 4. The van der Waals surface area contributed by atoms with Crippen LogP contribution in [-0.4, -0.2) is 53.3 Å². The fraction of sp³-hybridized carbons (Fsp3) is 0.423. The van der Waals surface area contributed by atoms with E-state index in [0.717, 1.165) is 29.5 Å². The molecule has 0 radical (unpaired) electrons. The maximum absolute atomic E-state index is 13.6. The van der Waals surface area contributed by atoms with Crippen molar-refractivity contribution in [3.05, 3.63) is 65.5 Å². The van der Waals surface area contributed by atoms with E-state index in [1.165, 1.54) is 4.31 Å². The number of hydrogen-bond donors (Lipinski definition) is 0. The molecule has 35 heavy (non-hydrogen) atoms. The van der Waals surface area contributed by atoms with Crippen LogP contribution in [0.25, 0.3) is 11.4 Å². The Bertz CT molecular complexity index is 1320. The number of rotatable bonds is 5. The molecule has 2 aliphatic heterocycles. The first-order valence-corrected chi connectivity index (χ1v) is 13.6. The summed E-state index contributed by atoms with van der Waals surface area (Å²) >= 11 is 0. The van der Waals surface area contributed by atoms with Gasteiger partial charge in [0.15, 0.2) is 0 Å². The SMILES string of the molecule is Cc1ccc(S(=O)(=O)N2CCCC(C(=O)N3CCCC3c3nc(-c4ccccc4C)no3)C2)cc1. The molecule has 0 bridgehead atoms. The zero-order chi connectivity index (χ0) is 24.6. The van der Waals surface area contributed by atoms with Crippen molar-refractivity contribution in [2.24, 2.45) is 5.92 Å². The Morgan fingerprint density at radius 3 is 2.51 bits per heavy atom. The van der Waals surface area contributed by atoms with Gasteiger partial charge in [-0.2, -0.15) is 9.29 Å². The summed E-state index contributed by atoms with van der Waals surface area (Å²) in [7, 11) is -3.64. The number of benzene rings is 2. The fourth-order valence-electron chi connectivity index (χ4n) is 5.05. The van der Waals surface area contributed by atoms with Crippen molar-refractivity contribution in [2.45, 2.75) is 50.5 Å². The second kappa shape index (κ2) is 9.54. The Kier molecular flexibility index (Phi) is 6.46. The average Bonchev–Trinajstić information content (AvgIpc) is 3.54. The van der Waals surface area contributed by atoms with Gasteiger partial charge >= 0.3 is 0 Å². The van der Waals surface area contributed by atoms with Gasteiger partial charge in [0.2, 0.25) is 27.6 Å². The van der Waals surface area contributed by atoms with E-state index < -0.39 is 10.0 Å². The molecule has 2 aliphatic rings. The standard InChI is InChI=1S/C26H30N4O4S/c1-18-11-13-21(14-12-18)35(32,33)29-15-5-8-20(17-29)26(31)30-16-6-10-23(30)25-27-24(28-34-25)22-9-4-3-7-19(22)2/h3-4,7,9,11-14,20,23H,5-6,8,10,15-17H2,1-2H3. The molecule has 5 rings (SSSR count). The van der Waals surface area contributed by atoms with Crippen LogP contribution in [0.15, 0.2) is 57.9 Å². The Morgan fingerprint density at radius 1 is 1.00 bits per heavy atom. The minimum atomic E-state index is -3.64. The summed E-state index contributed by atoms with van der Waals surface area (Å²) in [5, 5.41) is 4.17. The minimum absolute atomic E-state index is 0.0352. The van der Waals surface area contributed by atoms with Crippen molar-refractivity contribution in [2.75, 3.05) is 19.6 Å². The lowest BCUT2D eigenvalue weighted by atomic mass is 9.97. The predicted molar refractivity (Wildman–Crippen MR) is 131 cm³/mol. The van der Waals surface area contributed by atoms with Crippen LogP contribution in [0.1, 0.15) is 48.7 Å². The molecule has 1 amide bonds. The molecule has 184 valence electrons. The summed E-state index contributed by atoms with van der Waals surface area (Å²) in [6.45, 7) is 5.14. The molecule has 2 saturated heterocycles. The highest BCUT2D eigenvalue weighted by molar-refractivity contribution is 7.89. The van der Waals surface area contributed by atoms with Crippen LogP contribution in [0.2, 0.25) is 0 Å². The summed E-state index contributed by atoms with van der Waals surface area (Å²) in [4.78, 5) is 20.3. The van der Waals surface area contributed by atoms with Crippen molar-refractivity contribution in [1.29, 1.82) is 0 Å². The molecular formula is C26H30N4O4S. The minimum Gasteiger partial charge on any atom is -0.337 e. The van der Waals surface area contributed by atoms with Gasteiger partial charge in [-0.05, 0) is 57.2 Å². The van der Waals surface area contributed by atoms with Crippen LogP contribution in [0.4, 0.5) is 0 Å². The second-order valence-electron chi connectivity index (χ2n) is 9.48. The second-order valence-corrected chi connectivity index (χ2v) is 11.4. The van der Waals surface area contributed by atoms with E-state index in [-0.39, 0.29) is 29.3 Å². The van der Waals surface area contributed by atoms with E-state index in [9.17, 15) is 13.2 Å². The number of amides is 1. The first-order chi connectivity index (χ1) is 16.8. The smallest absolute Gasteiger partial charge is 0.249 e. The van der Waals surface area contributed by atoms with Crippen LogP contribution in [0.5, 0.6) is 0 Å². The third-order valence-corrected chi connectivity index (χ3v) is 8.92. The van der Waals surface area contributed by atoms with Crippen LogP contribution in [0.3, 0.4) is 0 Å². The third-order valence-electron chi connectivity index (χ3n) is 7.04. The first-order valence-electron chi connectivity index (χ1n) is 12.1. The summed E-state index contributed by atoms with van der Waals surface area (Å²) in [6, 6.07) is 14.4. The quantitative estimate of drug-likeness (QED) is 0.529. The molecule has 2 atom stereocenters. The molecule has 8 nitrogen and oxygen atoms in total. The van der Waals surface area contributed by atoms with Crippen LogP contribution in [-0.2, 0) is 14.8 Å². The van der Waals surface area contributed by atoms with Crippen molar-refractivity contribution in [3.63, 3.8) is 0 Å². The lowest BCUT2D eigenvalue weighted by molar-refractivity contribution is -0.138. The van der Waals surface area contributed by atoms with Gasteiger partial charge in [0, 0.05) is 25.2 Å². The number of aryl methyl sites for hydroxylation is 2. The van der Waals surface area contributed by atoms with Gasteiger partial charge in [0.25, 0.3) is 0 Å². The number of piperidine rings is 1. The van der Waals surface area contributed by atoms with Gasteiger partial charge in [-0.1, -0.05) is 47.1 Å². The van der Waals surface area contributed by atoms with Gasteiger partial charge in [0.05, 0.1) is 10.8 Å². The van der Waals surface area contributed by atoms with Gasteiger partial charge in [-0.25, -0.2) is 8.42 Å². The molecule has 0 aliphatic carbocycles. The summed E-state index contributed by atoms with van der Waals surface area (Å²) in [5.74, 6) is 0.537. The van der Waals surface area contributed by atoms with E-state index in [2.05, 4.69) is 10.1 Å². The Balaban J connectivity index is 1.32. The van der Waals surface area contributed by atoms with E-state index >= 15 is 0 Å².